The van der Waals surface area contributed by atoms with Crippen molar-refractivity contribution in [3.05, 3.63) is 29.8 Å². The van der Waals surface area contributed by atoms with Crippen LogP contribution in [0.2, 0.25) is 0 Å². The van der Waals surface area contributed by atoms with Gasteiger partial charge in [0.25, 0.3) is 0 Å². The normalized spacial score (nSPS) is 25.3. The maximum Gasteiger partial charge on any atom is 0.241 e. The average molecular weight is 350 g/mol. The summed E-state index contributed by atoms with van der Waals surface area (Å²) in [4.78, 5) is 15.0. The van der Waals surface area contributed by atoms with Crippen LogP contribution in [0, 0.1) is 5.92 Å². The molecule has 1 aromatic carbocycles. The third-order valence-electron chi connectivity index (χ3n) is 5.63. The second-order valence-corrected chi connectivity index (χ2v) is 7.36. The highest BCUT2D eigenvalue weighted by molar-refractivity contribution is 5.96. The van der Waals surface area contributed by atoms with Crippen LogP contribution in [0.15, 0.2) is 24.3 Å². The van der Waals surface area contributed by atoms with E-state index in [2.05, 4.69) is 27.7 Å². The van der Waals surface area contributed by atoms with E-state index in [0.717, 1.165) is 37.5 Å². The SMILES string of the molecule is Cl.O=C1Nc2ccccc2CCC1N1CCC(NCC2CC2)CC1. The molecular weight excluding hydrogens is 322 g/mol. The highest BCUT2D eigenvalue weighted by Gasteiger charge is 2.32. The van der Waals surface area contributed by atoms with Crippen molar-refractivity contribution in [1.82, 2.24) is 10.2 Å². The Labute approximate surface area is 150 Å². The van der Waals surface area contributed by atoms with Crippen molar-refractivity contribution in [3.63, 3.8) is 0 Å². The number of para-hydroxylation sites is 1. The molecule has 1 aromatic rings. The van der Waals surface area contributed by atoms with E-state index >= 15 is 0 Å². The number of piperidine rings is 1. The summed E-state index contributed by atoms with van der Waals surface area (Å²) >= 11 is 0. The highest BCUT2D eigenvalue weighted by atomic mass is 35.5. The van der Waals surface area contributed by atoms with Gasteiger partial charge in [-0.2, -0.15) is 0 Å². The maximum atomic E-state index is 12.6. The number of likely N-dealkylation sites (tertiary alicyclic amines) is 1. The predicted molar refractivity (Wildman–Crippen MR) is 99.8 cm³/mol. The van der Waals surface area contributed by atoms with E-state index in [1.165, 1.54) is 37.8 Å². The zero-order chi connectivity index (χ0) is 15.6. The highest BCUT2D eigenvalue weighted by Crippen LogP contribution is 2.29. The van der Waals surface area contributed by atoms with Crippen molar-refractivity contribution in [1.29, 1.82) is 0 Å². The lowest BCUT2D eigenvalue weighted by Gasteiger charge is -2.36. The van der Waals surface area contributed by atoms with E-state index in [1.54, 1.807) is 0 Å². The number of anilines is 1. The van der Waals surface area contributed by atoms with Gasteiger partial charge >= 0.3 is 0 Å². The fraction of sp³-hybridized carbons (Fsp3) is 0.632. The monoisotopic (exact) mass is 349 g/mol. The largest absolute Gasteiger partial charge is 0.324 e. The minimum Gasteiger partial charge on any atom is -0.324 e. The van der Waals surface area contributed by atoms with Crippen LogP contribution in [0.3, 0.4) is 0 Å². The molecule has 132 valence electrons. The second kappa shape index (κ2) is 7.85. The molecule has 2 N–H and O–H groups in total. The quantitative estimate of drug-likeness (QED) is 0.878. The molecule has 1 amide bonds. The van der Waals surface area contributed by atoms with E-state index in [-0.39, 0.29) is 24.4 Å². The van der Waals surface area contributed by atoms with Gasteiger partial charge in [-0.3, -0.25) is 9.69 Å². The third-order valence-corrected chi connectivity index (χ3v) is 5.63. The average Bonchev–Trinajstić information content (AvgIpc) is 3.40. The second-order valence-electron chi connectivity index (χ2n) is 7.36. The first kappa shape index (κ1) is 17.7. The van der Waals surface area contributed by atoms with Crippen LogP contribution in [0.4, 0.5) is 5.69 Å². The molecule has 2 heterocycles. The third kappa shape index (κ3) is 4.11. The number of fused-ring (bicyclic) bond motifs is 1. The zero-order valence-electron chi connectivity index (χ0n) is 14.2. The zero-order valence-corrected chi connectivity index (χ0v) is 15.0. The number of nitrogens with one attached hydrogen (secondary N) is 2. The number of carbonyl (C=O) groups is 1. The molecule has 0 spiro atoms. The number of carbonyl (C=O) groups excluding carboxylic acids is 1. The van der Waals surface area contributed by atoms with Gasteiger partial charge in [0.1, 0.15) is 0 Å². The predicted octanol–water partition coefficient (Wildman–Crippen LogP) is 2.83. The lowest BCUT2D eigenvalue weighted by atomic mass is 9.99. The standard InChI is InChI=1S/C19H27N3O.ClH/c23-19-18(8-7-15-3-1-2-4-17(15)21-19)22-11-9-16(10-12-22)20-13-14-5-6-14;/h1-4,14,16,18,20H,5-13H2,(H,21,23);1H. The van der Waals surface area contributed by atoms with E-state index in [9.17, 15) is 4.79 Å². The van der Waals surface area contributed by atoms with E-state index in [4.69, 9.17) is 0 Å². The molecule has 0 aromatic heterocycles. The fourth-order valence-electron chi connectivity index (χ4n) is 3.92. The molecular formula is C19H28ClN3O. The first-order valence-corrected chi connectivity index (χ1v) is 9.16. The van der Waals surface area contributed by atoms with Gasteiger partial charge in [0.05, 0.1) is 6.04 Å². The Balaban J connectivity index is 0.00000169. The Hall–Kier alpha value is -1.10. The van der Waals surface area contributed by atoms with Crippen molar-refractivity contribution < 1.29 is 4.79 Å². The van der Waals surface area contributed by atoms with Crippen molar-refractivity contribution in [2.45, 2.75) is 50.6 Å². The number of benzene rings is 1. The number of aryl methyl sites for hydroxylation is 1. The molecule has 1 saturated carbocycles. The Morgan fingerprint density at radius 3 is 2.58 bits per heavy atom. The minimum absolute atomic E-state index is 0. The topological polar surface area (TPSA) is 44.4 Å². The van der Waals surface area contributed by atoms with Crippen LogP contribution in [-0.4, -0.2) is 42.5 Å². The van der Waals surface area contributed by atoms with Crippen LogP contribution in [0.1, 0.15) is 37.7 Å². The molecule has 0 bridgehead atoms. The van der Waals surface area contributed by atoms with E-state index in [1.807, 2.05) is 12.1 Å². The number of hydrogen-bond acceptors (Lipinski definition) is 3. The van der Waals surface area contributed by atoms with Gasteiger partial charge < -0.3 is 10.6 Å². The summed E-state index contributed by atoms with van der Waals surface area (Å²) < 4.78 is 0. The number of halogens is 1. The van der Waals surface area contributed by atoms with Crippen molar-refractivity contribution in [3.8, 4) is 0 Å². The molecule has 3 aliphatic rings. The first-order valence-electron chi connectivity index (χ1n) is 9.16. The Kier molecular flexibility index (Phi) is 5.80. The minimum atomic E-state index is 0. The van der Waals surface area contributed by atoms with Crippen molar-refractivity contribution >= 4 is 24.0 Å². The number of amides is 1. The molecule has 4 rings (SSSR count). The van der Waals surface area contributed by atoms with Crippen LogP contribution in [0.25, 0.3) is 0 Å². The summed E-state index contributed by atoms with van der Waals surface area (Å²) in [6, 6.07) is 8.89. The molecule has 0 radical (unpaired) electrons. The smallest absolute Gasteiger partial charge is 0.241 e. The van der Waals surface area contributed by atoms with Gasteiger partial charge in [-0.25, -0.2) is 0 Å². The Bertz CT molecular complexity index is 567. The van der Waals surface area contributed by atoms with Crippen LogP contribution in [0.5, 0.6) is 0 Å². The maximum absolute atomic E-state index is 12.6. The molecule has 5 heteroatoms. The van der Waals surface area contributed by atoms with E-state index < -0.39 is 0 Å². The number of nitrogens with zero attached hydrogens (tertiary/aromatic N) is 1. The summed E-state index contributed by atoms with van der Waals surface area (Å²) in [5.41, 5.74) is 2.27. The number of rotatable bonds is 4. The van der Waals surface area contributed by atoms with Gasteiger partial charge in [-0.05, 0) is 62.6 Å². The van der Waals surface area contributed by atoms with Gasteiger partial charge in [0.15, 0.2) is 0 Å². The van der Waals surface area contributed by atoms with Gasteiger partial charge in [-0.15, -0.1) is 12.4 Å². The Morgan fingerprint density at radius 1 is 1.08 bits per heavy atom. The molecule has 2 fully saturated rings. The first-order chi connectivity index (χ1) is 11.3. The molecule has 1 atom stereocenters. The summed E-state index contributed by atoms with van der Waals surface area (Å²) in [5.74, 6) is 1.12. The van der Waals surface area contributed by atoms with Crippen LogP contribution in [-0.2, 0) is 11.2 Å². The van der Waals surface area contributed by atoms with Crippen LogP contribution >= 0.6 is 12.4 Å². The molecule has 4 nitrogen and oxygen atoms in total. The summed E-state index contributed by atoms with van der Waals surface area (Å²) in [5, 5.41) is 6.85. The van der Waals surface area contributed by atoms with Gasteiger partial charge in [0, 0.05) is 24.8 Å². The van der Waals surface area contributed by atoms with Crippen molar-refractivity contribution in [2.24, 2.45) is 5.92 Å². The van der Waals surface area contributed by atoms with Crippen molar-refractivity contribution in [2.75, 3.05) is 25.0 Å². The van der Waals surface area contributed by atoms with Crippen LogP contribution < -0.4 is 10.6 Å². The summed E-state index contributed by atoms with van der Waals surface area (Å²) in [6.07, 6.45) is 7.08. The molecule has 1 unspecified atom stereocenters. The fourth-order valence-corrected chi connectivity index (χ4v) is 3.92. The van der Waals surface area contributed by atoms with Gasteiger partial charge in [0.2, 0.25) is 5.91 Å². The lowest BCUT2D eigenvalue weighted by molar-refractivity contribution is -0.121. The Morgan fingerprint density at radius 2 is 1.83 bits per heavy atom. The molecule has 1 aliphatic carbocycles. The summed E-state index contributed by atoms with van der Waals surface area (Å²) in [7, 11) is 0. The molecule has 24 heavy (non-hydrogen) atoms. The molecule has 1 saturated heterocycles. The van der Waals surface area contributed by atoms with Gasteiger partial charge in [-0.1, -0.05) is 18.2 Å². The van der Waals surface area contributed by atoms with E-state index in [0.29, 0.717) is 6.04 Å². The summed E-state index contributed by atoms with van der Waals surface area (Å²) in [6.45, 7) is 3.28. The lowest BCUT2D eigenvalue weighted by Crippen LogP contribution is -2.50. The number of hydrogen-bond donors (Lipinski definition) is 2. The molecule has 2 aliphatic heterocycles.